The van der Waals surface area contributed by atoms with Crippen molar-refractivity contribution < 1.29 is 38.4 Å². The lowest BCUT2D eigenvalue weighted by atomic mass is 9.82. The fraction of sp³-hybridized carbons (Fsp3) is 0.425. The summed E-state index contributed by atoms with van der Waals surface area (Å²) >= 11 is 0. The van der Waals surface area contributed by atoms with E-state index in [0.717, 1.165) is 22.6 Å². The van der Waals surface area contributed by atoms with Crippen LogP contribution < -0.4 is 24.5 Å². The molecule has 5 atom stereocenters. The summed E-state index contributed by atoms with van der Waals surface area (Å²) in [6.07, 6.45) is 2.02. The Morgan fingerprint density at radius 2 is 1.78 bits per heavy atom. The van der Waals surface area contributed by atoms with E-state index in [2.05, 4.69) is 42.5 Å². The number of aliphatic hydroxyl groups is 1. The van der Waals surface area contributed by atoms with Gasteiger partial charge in [0.1, 0.15) is 11.5 Å². The van der Waals surface area contributed by atoms with Gasteiger partial charge in [-0.15, -0.1) is 5.10 Å². The summed E-state index contributed by atoms with van der Waals surface area (Å²) in [7, 11) is 0.877. The second-order valence-corrected chi connectivity index (χ2v) is 19.6. The number of anilines is 2. The molecule has 1 N–H and O–H groups in total. The smallest absolute Gasteiger partial charge is 0.304 e. The van der Waals surface area contributed by atoms with Gasteiger partial charge < -0.3 is 29.0 Å². The number of benzene rings is 3. The fourth-order valence-electron chi connectivity index (χ4n) is 8.75. The number of ether oxygens (including phenoxy) is 4. The van der Waals surface area contributed by atoms with Gasteiger partial charge >= 0.3 is 5.97 Å². The SMILES string of the molecule is COc1ccc([Si](C)(C)[C@H]2[C@H](CCn3cc(CCO)nn3)O[C@@]3(C(=O)N(Cc4cccc(N5C(=O)CC5OC(C)=O)c4)c4ccc(OC)cc43)[C@@H]2C)cc1. The molecule has 1 aromatic heterocycles. The Morgan fingerprint density at radius 1 is 1.04 bits per heavy atom. The predicted octanol–water partition coefficient (Wildman–Crippen LogP) is 4.31. The number of methoxy groups -OCH3 is 2. The summed E-state index contributed by atoms with van der Waals surface area (Å²) in [4.78, 5) is 42.9. The number of β-lactam (4-membered cyclic amide) rings is 1. The van der Waals surface area contributed by atoms with Gasteiger partial charge in [0.25, 0.3) is 5.91 Å². The lowest BCUT2D eigenvalue weighted by Gasteiger charge is -2.39. The number of carbonyl (C=O) groups excluding carboxylic acids is 3. The quantitative estimate of drug-likeness (QED) is 0.119. The van der Waals surface area contributed by atoms with Crippen molar-refractivity contribution in [3.8, 4) is 11.5 Å². The number of aliphatic hydroxyl groups excluding tert-OH is 1. The third-order valence-corrected chi connectivity index (χ3v) is 15.7. The Bertz CT molecular complexity index is 2050. The molecule has 4 heterocycles. The average Bonchev–Trinajstić information content (AvgIpc) is 3.80. The molecular formula is C40H47N5O8Si. The Morgan fingerprint density at radius 3 is 2.46 bits per heavy atom. The highest BCUT2D eigenvalue weighted by atomic mass is 28.3. The largest absolute Gasteiger partial charge is 0.497 e. The predicted molar refractivity (Wildman–Crippen MR) is 203 cm³/mol. The molecule has 2 amide bonds. The normalized spacial score (nSPS) is 23.5. The number of aromatic nitrogens is 3. The molecular weight excluding hydrogens is 707 g/mol. The van der Waals surface area contributed by atoms with Crippen molar-refractivity contribution in [2.45, 2.75) is 82.8 Å². The lowest BCUT2D eigenvalue weighted by Crippen LogP contribution is -2.54. The minimum absolute atomic E-state index is 0.00764. The van der Waals surface area contributed by atoms with Crippen LogP contribution >= 0.6 is 0 Å². The van der Waals surface area contributed by atoms with Crippen molar-refractivity contribution in [3.63, 3.8) is 0 Å². The van der Waals surface area contributed by atoms with Crippen LogP contribution in [0.4, 0.5) is 11.4 Å². The number of hydrogen-bond donors (Lipinski definition) is 1. The first-order valence-corrected chi connectivity index (χ1v) is 21.4. The lowest BCUT2D eigenvalue weighted by molar-refractivity contribution is -0.154. The molecule has 14 heteroatoms. The van der Waals surface area contributed by atoms with Crippen LogP contribution in [-0.2, 0) is 49.0 Å². The molecule has 0 saturated carbocycles. The molecule has 1 unspecified atom stereocenters. The number of aryl methyl sites for hydroxylation is 1. The number of fused-ring (bicyclic) bond motifs is 2. The number of carbonyl (C=O) groups is 3. The second-order valence-electron chi connectivity index (χ2n) is 14.9. The van der Waals surface area contributed by atoms with E-state index in [1.165, 1.54) is 17.0 Å². The third kappa shape index (κ3) is 6.45. The minimum atomic E-state index is -2.39. The first kappa shape index (κ1) is 37.3. The van der Waals surface area contributed by atoms with Gasteiger partial charge in [0.15, 0.2) is 11.8 Å². The maximum Gasteiger partial charge on any atom is 0.304 e. The van der Waals surface area contributed by atoms with Crippen molar-refractivity contribution in [2.75, 3.05) is 30.6 Å². The molecule has 0 radical (unpaired) electrons. The molecule has 7 rings (SSSR count). The van der Waals surface area contributed by atoms with Crippen molar-refractivity contribution in [1.29, 1.82) is 0 Å². The molecule has 4 aromatic rings. The van der Waals surface area contributed by atoms with Crippen molar-refractivity contribution in [2.24, 2.45) is 5.92 Å². The third-order valence-electron chi connectivity index (χ3n) is 11.4. The van der Waals surface area contributed by atoms with Crippen LogP contribution in [0.1, 0.15) is 43.5 Å². The molecule has 2 saturated heterocycles. The van der Waals surface area contributed by atoms with Crippen LogP contribution in [0.25, 0.3) is 0 Å². The topological polar surface area (TPSA) is 146 Å². The van der Waals surface area contributed by atoms with Crippen molar-refractivity contribution in [3.05, 3.63) is 89.7 Å². The molecule has 54 heavy (non-hydrogen) atoms. The highest BCUT2D eigenvalue weighted by Crippen LogP contribution is 2.60. The van der Waals surface area contributed by atoms with E-state index in [0.29, 0.717) is 36.5 Å². The molecule has 3 aliphatic rings. The van der Waals surface area contributed by atoms with Gasteiger partial charge in [-0.2, -0.15) is 0 Å². The number of amides is 2. The summed E-state index contributed by atoms with van der Waals surface area (Å²) in [5, 5.41) is 19.2. The maximum atomic E-state index is 15.3. The molecule has 1 spiro atoms. The Hall–Kier alpha value is -5.05. The fourth-order valence-corrected chi connectivity index (χ4v) is 12.8. The van der Waals surface area contributed by atoms with E-state index >= 15 is 4.79 Å². The van der Waals surface area contributed by atoms with Crippen LogP contribution in [0.5, 0.6) is 11.5 Å². The number of nitrogens with zero attached hydrogens (tertiary/aromatic N) is 5. The number of esters is 1. The Labute approximate surface area is 315 Å². The summed E-state index contributed by atoms with van der Waals surface area (Å²) in [5.74, 6) is 0.422. The summed E-state index contributed by atoms with van der Waals surface area (Å²) in [6, 6.07) is 21.4. The highest BCUT2D eigenvalue weighted by Gasteiger charge is 2.66. The van der Waals surface area contributed by atoms with E-state index in [-0.39, 0.29) is 48.9 Å². The zero-order valence-electron chi connectivity index (χ0n) is 31.5. The first-order valence-electron chi connectivity index (χ1n) is 18.3. The van der Waals surface area contributed by atoms with Gasteiger partial charge in [0.05, 0.1) is 52.7 Å². The van der Waals surface area contributed by atoms with E-state index in [4.69, 9.17) is 18.9 Å². The Kier molecular flexibility index (Phi) is 10.1. The van der Waals surface area contributed by atoms with Crippen LogP contribution in [0.2, 0.25) is 18.6 Å². The maximum absolute atomic E-state index is 15.3. The van der Waals surface area contributed by atoms with E-state index in [9.17, 15) is 14.7 Å². The molecule has 0 bridgehead atoms. The standard InChI is InChI=1S/C40H47N5O8Si/c1-25-38(54(5,6)32-13-10-30(50-3)11-14-32)35(16-18-43-24-28(17-19-46)41-42-43)53-40(25)33-21-31(51-4)12-15-34(33)44(39(40)49)23-27-8-7-9-29(20-27)45-36(48)22-37(45)52-26(2)47/h7-15,20-21,24-25,35,37-38,46H,16-19,22-23H2,1-6H3/t25-,35+,37?,38-,40+/m1/s1. The minimum Gasteiger partial charge on any atom is -0.497 e. The summed E-state index contributed by atoms with van der Waals surface area (Å²) in [6.45, 7) is 8.90. The summed E-state index contributed by atoms with van der Waals surface area (Å²) in [5.41, 5.74) is 2.33. The average molecular weight is 754 g/mol. The number of hydrogen-bond acceptors (Lipinski definition) is 10. The first-order chi connectivity index (χ1) is 25.9. The molecule has 284 valence electrons. The van der Waals surface area contributed by atoms with Crippen LogP contribution in [0.3, 0.4) is 0 Å². The van der Waals surface area contributed by atoms with Crippen molar-refractivity contribution in [1.82, 2.24) is 15.0 Å². The van der Waals surface area contributed by atoms with E-state index in [1.807, 2.05) is 54.7 Å². The molecule has 3 aliphatic heterocycles. The van der Waals surface area contributed by atoms with E-state index in [1.54, 1.807) is 29.9 Å². The Balaban J connectivity index is 1.26. The van der Waals surface area contributed by atoms with Crippen LogP contribution in [-0.4, -0.2) is 79.1 Å². The van der Waals surface area contributed by atoms with Gasteiger partial charge in [0.2, 0.25) is 5.91 Å². The highest BCUT2D eigenvalue weighted by molar-refractivity contribution is 6.91. The zero-order valence-corrected chi connectivity index (χ0v) is 32.5. The molecule has 2 fully saturated rings. The zero-order chi connectivity index (χ0) is 38.4. The van der Waals surface area contributed by atoms with Gasteiger partial charge in [0, 0.05) is 49.9 Å². The monoisotopic (exact) mass is 753 g/mol. The molecule has 0 aliphatic carbocycles. The van der Waals surface area contributed by atoms with E-state index < -0.39 is 25.9 Å². The van der Waals surface area contributed by atoms with Crippen LogP contribution in [0, 0.1) is 5.92 Å². The van der Waals surface area contributed by atoms with Gasteiger partial charge in [-0.1, -0.05) is 54.7 Å². The van der Waals surface area contributed by atoms with Gasteiger partial charge in [-0.05, 0) is 60.0 Å². The molecule has 3 aromatic carbocycles. The number of rotatable bonds is 13. The van der Waals surface area contributed by atoms with Crippen molar-refractivity contribution >= 4 is 42.4 Å². The van der Waals surface area contributed by atoms with Gasteiger partial charge in [-0.25, -0.2) is 0 Å². The summed E-state index contributed by atoms with van der Waals surface area (Å²) < 4.78 is 25.6. The van der Waals surface area contributed by atoms with Crippen LogP contribution in [0.15, 0.2) is 72.9 Å². The molecule has 13 nitrogen and oxygen atoms in total. The van der Waals surface area contributed by atoms with Gasteiger partial charge in [-0.3, -0.25) is 24.0 Å². The second kappa shape index (κ2) is 14.6.